The van der Waals surface area contributed by atoms with Gasteiger partial charge in [0.2, 0.25) is 0 Å². The number of nitrogens with zero attached hydrogens (tertiary/aromatic N) is 1. The first-order valence-corrected chi connectivity index (χ1v) is 12.4. The number of hydrogen-bond donors (Lipinski definition) is 0. The van der Waals surface area contributed by atoms with Crippen molar-refractivity contribution >= 4 is 62.2 Å². The molecule has 1 heterocycles. The first-order chi connectivity index (χ1) is 15.5. The van der Waals surface area contributed by atoms with Crippen LogP contribution in [-0.4, -0.2) is 34.2 Å². The maximum absolute atomic E-state index is 12.7. The van der Waals surface area contributed by atoms with E-state index in [1.165, 1.54) is 11.8 Å². The topological polar surface area (TPSA) is 55.8 Å². The molecule has 5 nitrogen and oxygen atoms in total. The number of hydrogen-bond acceptors (Lipinski definition) is 6. The molecule has 1 amide bonds. The fourth-order valence-corrected chi connectivity index (χ4v) is 4.72. The Bertz CT molecular complexity index is 1010. The van der Waals surface area contributed by atoms with Gasteiger partial charge in [0, 0.05) is 17.4 Å². The van der Waals surface area contributed by atoms with Gasteiger partial charge in [-0.3, -0.25) is 14.5 Å². The summed E-state index contributed by atoms with van der Waals surface area (Å²) in [6.45, 7) is 3.26. The highest BCUT2D eigenvalue weighted by molar-refractivity contribution is 9.10. The van der Waals surface area contributed by atoms with Gasteiger partial charge < -0.3 is 9.47 Å². The van der Waals surface area contributed by atoms with Gasteiger partial charge in [-0.1, -0.05) is 71.1 Å². The second-order valence-corrected chi connectivity index (χ2v) is 9.74. The van der Waals surface area contributed by atoms with Gasteiger partial charge in [0.15, 0.2) is 0 Å². The molecule has 1 fully saturated rings. The number of thioether (sulfide) groups is 1. The first kappa shape index (κ1) is 24.5. The van der Waals surface area contributed by atoms with Gasteiger partial charge in [0.25, 0.3) is 5.91 Å². The predicted molar refractivity (Wildman–Crippen MR) is 135 cm³/mol. The van der Waals surface area contributed by atoms with Crippen molar-refractivity contribution in [3.63, 3.8) is 0 Å². The minimum Gasteiger partial charge on any atom is -0.489 e. The fourth-order valence-electron chi connectivity index (χ4n) is 2.97. The molecule has 1 saturated heterocycles. The maximum atomic E-state index is 12.7. The largest absolute Gasteiger partial charge is 0.489 e. The molecule has 168 valence electrons. The van der Waals surface area contributed by atoms with E-state index in [2.05, 4.69) is 15.9 Å². The molecule has 8 heteroatoms. The molecule has 1 aliphatic rings. The third kappa shape index (κ3) is 7.18. The normalized spacial score (nSPS) is 14.8. The Morgan fingerprint density at radius 2 is 2.00 bits per heavy atom. The summed E-state index contributed by atoms with van der Waals surface area (Å²) in [5.41, 5.74) is 1.97. The molecule has 0 saturated carbocycles. The van der Waals surface area contributed by atoms with E-state index in [1.807, 2.05) is 61.5 Å². The van der Waals surface area contributed by atoms with Gasteiger partial charge in [-0.2, -0.15) is 0 Å². The number of halogens is 1. The van der Waals surface area contributed by atoms with E-state index >= 15 is 0 Å². The van der Waals surface area contributed by atoms with E-state index in [-0.39, 0.29) is 18.3 Å². The third-order valence-corrected chi connectivity index (χ3v) is 6.45. The molecular weight excluding hydrogens is 510 g/mol. The maximum Gasteiger partial charge on any atom is 0.305 e. The predicted octanol–water partition coefficient (Wildman–Crippen LogP) is 5.96. The van der Waals surface area contributed by atoms with Gasteiger partial charge >= 0.3 is 5.97 Å². The number of ether oxygens (including phenoxy) is 2. The third-order valence-electron chi connectivity index (χ3n) is 4.58. The molecule has 0 bridgehead atoms. The lowest BCUT2D eigenvalue weighted by Crippen LogP contribution is -2.29. The first-order valence-electron chi connectivity index (χ1n) is 10.3. The Hall–Kier alpha value is -2.16. The number of amides is 1. The summed E-state index contributed by atoms with van der Waals surface area (Å²) in [4.78, 5) is 26.5. The molecule has 3 rings (SSSR count). The van der Waals surface area contributed by atoms with Gasteiger partial charge in [-0.05, 0) is 54.3 Å². The van der Waals surface area contributed by atoms with Crippen molar-refractivity contribution < 1.29 is 19.1 Å². The van der Waals surface area contributed by atoms with Crippen LogP contribution in [0.1, 0.15) is 37.3 Å². The Labute approximate surface area is 206 Å². The highest BCUT2D eigenvalue weighted by Gasteiger charge is 2.31. The molecule has 0 radical (unpaired) electrons. The molecule has 2 aromatic rings. The quantitative estimate of drug-likeness (QED) is 0.213. The highest BCUT2D eigenvalue weighted by atomic mass is 79.9. The Balaban J connectivity index is 1.53. The second-order valence-electron chi connectivity index (χ2n) is 7.15. The van der Waals surface area contributed by atoms with Crippen molar-refractivity contribution in [2.24, 2.45) is 0 Å². The number of rotatable bonds is 10. The zero-order chi connectivity index (χ0) is 22.9. The van der Waals surface area contributed by atoms with Gasteiger partial charge in [-0.25, -0.2) is 0 Å². The lowest BCUT2D eigenvalue weighted by atomic mass is 10.2. The summed E-state index contributed by atoms with van der Waals surface area (Å²) in [7, 11) is 0. The molecule has 1 aliphatic heterocycles. The Morgan fingerprint density at radius 1 is 1.22 bits per heavy atom. The van der Waals surface area contributed by atoms with Crippen LogP contribution in [0.15, 0.2) is 57.9 Å². The van der Waals surface area contributed by atoms with E-state index in [0.717, 1.165) is 27.8 Å². The zero-order valence-corrected chi connectivity index (χ0v) is 20.9. The summed E-state index contributed by atoms with van der Waals surface area (Å²) >= 11 is 10.1. The molecule has 0 unspecified atom stereocenters. The Morgan fingerprint density at radius 3 is 2.72 bits per heavy atom. The molecule has 0 atom stereocenters. The summed E-state index contributed by atoms with van der Waals surface area (Å²) in [5.74, 6) is 0.386. The smallest absolute Gasteiger partial charge is 0.305 e. The van der Waals surface area contributed by atoms with Crippen LogP contribution in [-0.2, 0) is 20.9 Å². The molecule has 2 aromatic carbocycles. The SMILES string of the molecule is CCCOC(=O)CCCN1C(=O)/C(=C\c2ccc(OCc3cccc(Br)c3)cc2)SC1=S. The van der Waals surface area contributed by atoms with Crippen molar-refractivity contribution in [3.8, 4) is 5.75 Å². The van der Waals surface area contributed by atoms with Crippen LogP contribution in [0.4, 0.5) is 0 Å². The van der Waals surface area contributed by atoms with Crippen LogP contribution in [0, 0.1) is 0 Å². The van der Waals surface area contributed by atoms with Gasteiger partial charge in [0.1, 0.15) is 16.7 Å². The number of benzene rings is 2. The standard InChI is InChI=1S/C24H24BrNO4S2/c1-2-13-29-22(27)7-4-12-26-23(28)21(32-24(26)31)15-17-8-10-20(11-9-17)30-16-18-5-3-6-19(25)14-18/h3,5-6,8-11,14-15H,2,4,7,12-13,16H2,1H3/b21-15+. The van der Waals surface area contributed by atoms with Crippen molar-refractivity contribution in [2.75, 3.05) is 13.2 Å². The van der Waals surface area contributed by atoms with Gasteiger partial charge in [-0.15, -0.1) is 0 Å². The average Bonchev–Trinajstić information content (AvgIpc) is 3.04. The number of carbonyl (C=O) groups excluding carboxylic acids is 2. The molecular formula is C24H24BrNO4S2. The van der Waals surface area contributed by atoms with Crippen LogP contribution in [0.5, 0.6) is 5.75 Å². The van der Waals surface area contributed by atoms with Crippen molar-refractivity contribution in [1.29, 1.82) is 0 Å². The number of thiocarbonyl (C=S) groups is 1. The molecule has 0 aliphatic carbocycles. The molecule has 0 N–H and O–H groups in total. The van der Waals surface area contributed by atoms with E-state index in [1.54, 1.807) is 4.90 Å². The van der Waals surface area contributed by atoms with Crippen molar-refractivity contribution in [3.05, 3.63) is 69.0 Å². The van der Waals surface area contributed by atoms with Crippen LogP contribution in [0.25, 0.3) is 6.08 Å². The molecule has 0 spiro atoms. The Kier molecular flexibility index (Phi) is 9.32. The summed E-state index contributed by atoms with van der Waals surface area (Å²) in [5, 5.41) is 0. The monoisotopic (exact) mass is 533 g/mol. The van der Waals surface area contributed by atoms with Crippen molar-refractivity contribution in [1.82, 2.24) is 4.90 Å². The van der Waals surface area contributed by atoms with Crippen LogP contribution >= 0.6 is 39.9 Å². The number of carbonyl (C=O) groups is 2. The fraction of sp³-hybridized carbons (Fsp3) is 0.292. The molecule has 0 aromatic heterocycles. The van der Waals surface area contributed by atoms with E-state index in [9.17, 15) is 9.59 Å². The zero-order valence-electron chi connectivity index (χ0n) is 17.7. The van der Waals surface area contributed by atoms with Gasteiger partial charge in [0.05, 0.1) is 11.5 Å². The van der Waals surface area contributed by atoms with Crippen LogP contribution in [0.3, 0.4) is 0 Å². The second kappa shape index (κ2) is 12.2. The van der Waals surface area contributed by atoms with E-state index < -0.39 is 0 Å². The average molecular weight is 534 g/mol. The van der Waals surface area contributed by atoms with Crippen molar-refractivity contribution in [2.45, 2.75) is 32.8 Å². The minimum absolute atomic E-state index is 0.128. The summed E-state index contributed by atoms with van der Waals surface area (Å²) < 4.78 is 12.4. The van der Waals surface area contributed by atoms with E-state index in [4.69, 9.17) is 21.7 Å². The molecule has 32 heavy (non-hydrogen) atoms. The summed E-state index contributed by atoms with van der Waals surface area (Å²) in [6, 6.07) is 15.6. The lowest BCUT2D eigenvalue weighted by Gasteiger charge is -2.13. The number of esters is 1. The summed E-state index contributed by atoms with van der Waals surface area (Å²) in [6.07, 6.45) is 3.42. The van der Waals surface area contributed by atoms with Crippen LogP contribution < -0.4 is 4.74 Å². The highest BCUT2D eigenvalue weighted by Crippen LogP contribution is 2.33. The van der Waals surface area contributed by atoms with E-state index in [0.29, 0.717) is 35.4 Å². The lowest BCUT2D eigenvalue weighted by molar-refractivity contribution is -0.144. The minimum atomic E-state index is -0.241. The van der Waals surface area contributed by atoms with Crippen LogP contribution in [0.2, 0.25) is 0 Å².